The molecule has 3 rings (SSSR count). The lowest BCUT2D eigenvalue weighted by Crippen LogP contribution is -2.52. The van der Waals surface area contributed by atoms with Crippen LogP contribution < -0.4 is 11.1 Å². The second kappa shape index (κ2) is 12.8. The maximum absolute atomic E-state index is 13.1. The Hall–Kier alpha value is -2.98. The molecule has 3 heterocycles. The number of aromatic nitrogens is 1. The van der Waals surface area contributed by atoms with Crippen molar-refractivity contribution in [1.82, 2.24) is 25.0 Å². The Kier molecular flexibility index (Phi) is 9.83. The molecule has 3 N–H and O–H groups in total. The predicted molar refractivity (Wildman–Crippen MR) is 142 cm³/mol. The minimum Gasteiger partial charge on any atom is -0.366 e. The van der Waals surface area contributed by atoms with Crippen LogP contribution in [0.4, 0.5) is 4.79 Å². The summed E-state index contributed by atoms with van der Waals surface area (Å²) < 4.78 is 0. The van der Waals surface area contributed by atoms with E-state index in [0.29, 0.717) is 24.6 Å². The number of nitrogens with two attached hydrogens (primary N) is 1. The summed E-state index contributed by atoms with van der Waals surface area (Å²) in [5.41, 5.74) is 8.84. The summed E-state index contributed by atoms with van der Waals surface area (Å²) in [6.45, 7) is 6.35. The van der Waals surface area contributed by atoms with E-state index < -0.39 is 5.91 Å². The molecule has 4 amide bonds. The number of hydrogen-bond acceptors (Lipinski definition) is 6. The van der Waals surface area contributed by atoms with E-state index in [0.717, 1.165) is 49.2 Å². The number of carbonyl (C=O) groups is 3. The van der Waals surface area contributed by atoms with Gasteiger partial charge in [0.1, 0.15) is 0 Å². The number of amides is 4. The summed E-state index contributed by atoms with van der Waals surface area (Å²) in [7, 11) is 3.36. The van der Waals surface area contributed by atoms with E-state index in [-0.39, 0.29) is 24.5 Å². The van der Waals surface area contributed by atoms with Gasteiger partial charge >= 0.3 is 6.03 Å². The lowest BCUT2D eigenvalue weighted by molar-refractivity contribution is -0.127. The van der Waals surface area contributed by atoms with E-state index in [2.05, 4.69) is 27.5 Å². The second-order valence-electron chi connectivity index (χ2n) is 9.68. The molecule has 1 atom stereocenters. The summed E-state index contributed by atoms with van der Waals surface area (Å²) in [6, 6.07) is 4.06. The SMILES string of the molecule is Cc1ccnc(CC[C@@H](C)N2CCC(N(Cc3ccsc3)C(=O)NCC(=O)N(C)C)CC2)c1C(N)=O. The number of urea groups is 1. The fourth-order valence-corrected chi connectivity index (χ4v) is 5.32. The summed E-state index contributed by atoms with van der Waals surface area (Å²) in [4.78, 5) is 47.1. The Morgan fingerprint density at radius 2 is 1.97 bits per heavy atom. The van der Waals surface area contributed by atoms with Gasteiger partial charge in [0.25, 0.3) is 5.91 Å². The number of pyridine rings is 1. The van der Waals surface area contributed by atoms with E-state index in [1.165, 1.54) is 4.90 Å². The van der Waals surface area contributed by atoms with Gasteiger partial charge in [-0.25, -0.2) is 4.79 Å². The Morgan fingerprint density at radius 3 is 2.58 bits per heavy atom. The molecule has 0 saturated carbocycles. The van der Waals surface area contributed by atoms with Gasteiger partial charge in [0.15, 0.2) is 0 Å². The van der Waals surface area contributed by atoms with Crippen molar-refractivity contribution >= 4 is 29.2 Å². The van der Waals surface area contributed by atoms with Crippen molar-refractivity contribution in [3.63, 3.8) is 0 Å². The molecule has 196 valence electrons. The van der Waals surface area contributed by atoms with Crippen LogP contribution in [0, 0.1) is 6.92 Å². The van der Waals surface area contributed by atoms with Crippen molar-refractivity contribution in [1.29, 1.82) is 0 Å². The Bertz CT molecular complexity index is 1030. The van der Waals surface area contributed by atoms with Crippen molar-refractivity contribution in [3.8, 4) is 0 Å². The molecule has 0 spiro atoms. The molecule has 0 bridgehead atoms. The highest BCUT2D eigenvalue weighted by Crippen LogP contribution is 2.23. The summed E-state index contributed by atoms with van der Waals surface area (Å²) in [6.07, 6.45) is 5.00. The first-order chi connectivity index (χ1) is 17.2. The highest BCUT2D eigenvalue weighted by atomic mass is 32.1. The van der Waals surface area contributed by atoms with E-state index >= 15 is 0 Å². The van der Waals surface area contributed by atoms with Crippen LogP contribution in [0.1, 0.15) is 53.4 Å². The van der Waals surface area contributed by atoms with Crippen LogP contribution in [0.3, 0.4) is 0 Å². The summed E-state index contributed by atoms with van der Waals surface area (Å²) in [5, 5.41) is 6.88. The van der Waals surface area contributed by atoms with Gasteiger partial charge < -0.3 is 25.8 Å². The normalized spacial score (nSPS) is 15.3. The average molecular weight is 515 g/mol. The third-order valence-electron chi connectivity index (χ3n) is 6.93. The van der Waals surface area contributed by atoms with Gasteiger partial charge in [0.2, 0.25) is 5.91 Å². The number of primary amides is 1. The number of thiophene rings is 1. The number of hydrogen-bond donors (Lipinski definition) is 2. The van der Waals surface area contributed by atoms with Gasteiger partial charge in [-0.1, -0.05) is 0 Å². The van der Waals surface area contributed by atoms with E-state index in [9.17, 15) is 14.4 Å². The molecular weight excluding hydrogens is 476 g/mol. The summed E-state index contributed by atoms with van der Waals surface area (Å²) >= 11 is 1.61. The fourth-order valence-electron chi connectivity index (χ4n) is 4.66. The number of likely N-dealkylation sites (tertiary alicyclic amines) is 1. The standard InChI is InChI=1S/C26H38N6O3S/c1-18-7-11-28-22(24(18)25(27)34)6-5-19(2)31-12-8-21(9-13-31)32(16-20-10-14-36-17-20)26(35)29-15-23(33)30(3)4/h7,10-11,14,17,19,21H,5-6,8-9,12-13,15-16H2,1-4H3,(H2,27,34)(H,29,35)/t19-/m1/s1. The molecule has 0 aliphatic carbocycles. The van der Waals surface area contributed by atoms with E-state index in [1.54, 1.807) is 31.6 Å². The smallest absolute Gasteiger partial charge is 0.318 e. The molecule has 2 aromatic rings. The summed E-state index contributed by atoms with van der Waals surface area (Å²) in [5.74, 6) is -0.564. The first kappa shape index (κ1) is 27.6. The molecule has 36 heavy (non-hydrogen) atoms. The van der Waals surface area contributed by atoms with Crippen LogP contribution in [0.2, 0.25) is 0 Å². The molecule has 1 fully saturated rings. The fraction of sp³-hybridized carbons (Fsp3) is 0.538. The molecule has 0 radical (unpaired) electrons. The number of likely N-dealkylation sites (N-methyl/N-ethyl adjacent to an activating group) is 1. The second-order valence-corrected chi connectivity index (χ2v) is 10.5. The Morgan fingerprint density at radius 1 is 1.25 bits per heavy atom. The molecule has 1 aliphatic rings. The van der Waals surface area contributed by atoms with Crippen LogP contribution in [0.25, 0.3) is 0 Å². The number of rotatable bonds is 10. The lowest BCUT2D eigenvalue weighted by atomic mass is 9.98. The van der Waals surface area contributed by atoms with E-state index in [4.69, 9.17) is 5.73 Å². The average Bonchev–Trinajstić information content (AvgIpc) is 3.37. The molecule has 10 heteroatoms. The van der Waals surface area contributed by atoms with Gasteiger partial charge in [-0.15, -0.1) is 0 Å². The molecule has 0 aromatic carbocycles. The lowest BCUT2D eigenvalue weighted by Gasteiger charge is -2.40. The van der Waals surface area contributed by atoms with Crippen LogP contribution in [-0.2, 0) is 17.8 Å². The minimum atomic E-state index is -0.430. The third-order valence-corrected chi connectivity index (χ3v) is 7.66. The third kappa shape index (κ3) is 7.27. The van der Waals surface area contributed by atoms with E-state index in [1.807, 2.05) is 29.3 Å². The van der Waals surface area contributed by atoms with Gasteiger partial charge in [-0.2, -0.15) is 11.3 Å². The predicted octanol–water partition coefficient (Wildman–Crippen LogP) is 2.64. The molecular formula is C26H38N6O3S. The largest absolute Gasteiger partial charge is 0.366 e. The molecule has 1 aliphatic heterocycles. The topological polar surface area (TPSA) is 112 Å². The molecule has 9 nitrogen and oxygen atoms in total. The maximum atomic E-state index is 13.1. The zero-order chi connectivity index (χ0) is 26.2. The maximum Gasteiger partial charge on any atom is 0.318 e. The number of nitrogens with one attached hydrogen (secondary N) is 1. The first-order valence-electron chi connectivity index (χ1n) is 12.4. The van der Waals surface area contributed by atoms with Crippen molar-refractivity contribution in [2.45, 2.75) is 58.2 Å². The van der Waals surface area contributed by atoms with Crippen LogP contribution in [-0.4, -0.2) is 83.3 Å². The highest BCUT2D eigenvalue weighted by molar-refractivity contribution is 7.07. The zero-order valence-electron chi connectivity index (χ0n) is 21.7. The quantitative estimate of drug-likeness (QED) is 0.506. The van der Waals surface area contributed by atoms with Crippen molar-refractivity contribution in [3.05, 3.63) is 51.5 Å². The number of aryl methyl sites for hydroxylation is 2. The van der Waals surface area contributed by atoms with Gasteiger partial charge in [-0.05, 0) is 73.6 Å². The number of nitrogens with zero attached hydrogens (tertiary/aromatic N) is 4. The van der Waals surface area contributed by atoms with Gasteiger partial charge in [0.05, 0.1) is 17.8 Å². The first-order valence-corrected chi connectivity index (χ1v) is 13.4. The van der Waals surface area contributed by atoms with Crippen molar-refractivity contribution < 1.29 is 14.4 Å². The molecule has 0 unspecified atom stereocenters. The van der Waals surface area contributed by atoms with Crippen molar-refractivity contribution in [2.24, 2.45) is 5.73 Å². The van der Waals surface area contributed by atoms with Gasteiger partial charge in [-0.3, -0.25) is 14.6 Å². The Labute approximate surface area is 217 Å². The van der Waals surface area contributed by atoms with Crippen molar-refractivity contribution in [2.75, 3.05) is 33.7 Å². The zero-order valence-corrected chi connectivity index (χ0v) is 22.5. The number of carbonyl (C=O) groups excluding carboxylic acids is 3. The molecule has 2 aromatic heterocycles. The highest BCUT2D eigenvalue weighted by Gasteiger charge is 2.30. The van der Waals surface area contributed by atoms with Crippen LogP contribution >= 0.6 is 11.3 Å². The van der Waals surface area contributed by atoms with Gasteiger partial charge in [0, 0.05) is 52.0 Å². The number of piperidine rings is 1. The Balaban J connectivity index is 1.58. The van der Waals surface area contributed by atoms with Crippen LogP contribution in [0.15, 0.2) is 29.1 Å². The monoisotopic (exact) mass is 514 g/mol. The minimum absolute atomic E-state index is 0.0118. The molecule has 1 saturated heterocycles. The van der Waals surface area contributed by atoms with Crippen LogP contribution in [0.5, 0.6) is 0 Å².